The van der Waals surface area contributed by atoms with Gasteiger partial charge in [-0.15, -0.1) is 0 Å². The number of aromatic nitrogens is 2. The molecule has 25 heavy (non-hydrogen) atoms. The number of esters is 1. The van der Waals surface area contributed by atoms with E-state index in [1.807, 2.05) is 0 Å². The first-order chi connectivity index (χ1) is 12.1. The van der Waals surface area contributed by atoms with Crippen molar-refractivity contribution in [1.29, 1.82) is 0 Å². The Balaban J connectivity index is 1.89. The number of nitrogens with one attached hydrogen (secondary N) is 1. The highest BCUT2D eigenvalue weighted by molar-refractivity contribution is 6.01. The number of benzene rings is 2. The number of nitrogens with zero attached hydrogens (tertiary/aromatic N) is 2. The predicted octanol–water partition coefficient (Wildman–Crippen LogP) is 1.82. The maximum Gasteiger partial charge on any atom is 0.339 e. The fourth-order valence-corrected chi connectivity index (χ4v) is 2.49. The Morgan fingerprint density at radius 1 is 1.12 bits per heavy atom. The Kier molecular flexibility index (Phi) is 4.56. The molecule has 126 valence electrons. The van der Waals surface area contributed by atoms with E-state index in [1.165, 1.54) is 17.9 Å². The van der Waals surface area contributed by atoms with E-state index in [0.29, 0.717) is 16.7 Å². The number of carbonyl (C=O) groups is 2. The van der Waals surface area contributed by atoms with Crippen LogP contribution in [0.1, 0.15) is 10.4 Å². The molecule has 1 heterocycles. The number of hydrogen-bond acceptors (Lipinski definition) is 5. The molecule has 2 aromatic carbocycles. The Morgan fingerprint density at radius 2 is 1.84 bits per heavy atom. The van der Waals surface area contributed by atoms with Crippen LogP contribution in [0.4, 0.5) is 5.69 Å². The first-order valence-corrected chi connectivity index (χ1v) is 7.52. The molecule has 0 bridgehead atoms. The van der Waals surface area contributed by atoms with Crippen molar-refractivity contribution in [2.75, 3.05) is 12.4 Å². The van der Waals surface area contributed by atoms with Gasteiger partial charge in [-0.1, -0.05) is 24.3 Å². The van der Waals surface area contributed by atoms with Gasteiger partial charge in [0.15, 0.2) is 0 Å². The summed E-state index contributed by atoms with van der Waals surface area (Å²) in [6.45, 7) is -0.197. The van der Waals surface area contributed by atoms with Crippen molar-refractivity contribution in [1.82, 2.24) is 9.55 Å². The van der Waals surface area contributed by atoms with Gasteiger partial charge in [0.25, 0.3) is 5.56 Å². The van der Waals surface area contributed by atoms with E-state index in [1.54, 1.807) is 48.5 Å². The average Bonchev–Trinajstić information content (AvgIpc) is 2.64. The van der Waals surface area contributed by atoms with E-state index < -0.39 is 11.9 Å². The topological polar surface area (TPSA) is 90.3 Å². The van der Waals surface area contributed by atoms with Crippen LogP contribution in [0.5, 0.6) is 0 Å². The Labute approximate surface area is 142 Å². The molecule has 3 rings (SSSR count). The van der Waals surface area contributed by atoms with E-state index in [0.717, 1.165) is 0 Å². The summed E-state index contributed by atoms with van der Waals surface area (Å²) in [7, 11) is 1.27. The van der Waals surface area contributed by atoms with Crippen LogP contribution in [0.15, 0.2) is 59.5 Å². The molecule has 1 aromatic heterocycles. The van der Waals surface area contributed by atoms with E-state index in [-0.39, 0.29) is 17.7 Å². The second-order valence-corrected chi connectivity index (χ2v) is 5.26. The third-order valence-electron chi connectivity index (χ3n) is 3.66. The third kappa shape index (κ3) is 3.40. The van der Waals surface area contributed by atoms with Gasteiger partial charge in [-0.3, -0.25) is 14.2 Å². The number of hydrogen-bond donors (Lipinski definition) is 1. The van der Waals surface area contributed by atoms with Crippen LogP contribution in [0.25, 0.3) is 11.0 Å². The lowest BCUT2D eigenvalue weighted by Gasteiger charge is -2.12. The van der Waals surface area contributed by atoms with Gasteiger partial charge in [-0.2, -0.15) is 0 Å². The summed E-state index contributed by atoms with van der Waals surface area (Å²) in [4.78, 5) is 40.3. The quantitative estimate of drug-likeness (QED) is 0.734. The second-order valence-electron chi connectivity index (χ2n) is 5.26. The predicted molar refractivity (Wildman–Crippen MR) is 92.4 cm³/mol. The average molecular weight is 337 g/mol. The first-order valence-electron chi connectivity index (χ1n) is 7.52. The lowest BCUT2D eigenvalue weighted by molar-refractivity contribution is -0.116. The molecular formula is C18H15N3O4. The van der Waals surface area contributed by atoms with Gasteiger partial charge in [0.05, 0.1) is 35.6 Å². The number of rotatable bonds is 4. The molecule has 7 nitrogen and oxygen atoms in total. The van der Waals surface area contributed by atoms with Gasteiger partial charge in [0, 0.05) is 0 Å². The van der Waals surface area contributed by atoms with E-state index in [2.05, 4.69) is 10.3 Å². The van der Waals surface area contributed by atoms with Gasteiger partial charge < -0.3 is 10.1 Å². The van der Waals surface area contributed by atoms with Gasteiger partial charge in [-0.25, -0.2) is 9.78 Å². The summed E-state index contributed by atoms with van der Waals surface area (Å²) >= 11 is 0. The third-order valence-corrected chi connectivity index (χ3v) is 3.66. The number of fused-ring (bicyclic) bond motifs is 1. The summed E-state index contributed by atoms with van der Waals surface area (Å²) in [6.07, 6.45) is 1.18. The molecule has 0 fully saturated rings. The highest BCUT2D eigenvalue weighted by Gasteiger charge is 2.14. The fraction of sp³-hybridized carbons (Fsp3) is 0.111. The van der Waals surface area contributed by atoms with Crippen LogP contribution in [0.2, 0.25) is 0 Å². The summed E-state index contributed by atoms with van der Waals surface area (Å²) in [5, 5.41) is 2.65. The number of carbonyl (C=O) groups excluding carboxylic acids is 2. The van der Waals surface area contributed by atoms with Crippen molar-refractivity contribution in [2.45, 2.75) is 6.54 Å². The summed E-state index contributed by atoms with van der Waals surface area (Å²) in [5.41, 5.74) is 1.36. The van der Waals surface area contributed by atoms with Crippen LogP contribution < -0.4 is 10.9 Å². The van der Waals surface area contributed by atoms with Gasteiger partial charge in [0.2, 0.25) is 5.91 Å². The summed E-state index contributed by atoms with van der Waals surface area (Å²) < 4.78 is 6.03. The monoisotopic (exact) mass is 337 g/mol. The standard InChI is InChI=1S/C18H15N3O4/c1-25-18(24)12-6-2-3-7-13(12)20-16(22)11-21-15-9-5-4-8-14(15)19-10-17(21)23/h2-10H,11H2,1H3,(H,20,22). The van der Waals surface area contributed by atoms with Crippen molar-refractivity contribution in [3.8, 4) is 0 Å². The van der Waals surface area contributed by atoms with Gasteiger partial charge >= 0.3 is 5.97 Å². The molecule has 0 saturated heterocycles. The molecule has 0 atom stereocenters. The molecule has 0 unspecified atom stereocenters. The lowest BCUT2D eigenvalue weighted by atomic mass is 10.2. The number of anilines is 1. The SMILES string of the molecule is COC(=O)c1ccccc1NC(=O)Cn1c(=O)cnc2ccccc21. The van der Waals surface area contributed by atoms with Crippen LogP contribution in [-0.4, -0.2) is 28.5 Å². The van der Waals surface area contributed by atoms with Crippen molar-refractivity contribution in [3.63, 3.8) is 0 Å². The Bertz CT molecular complexity index is 1010. The zero-order valence-corrected chi connectivity index (χ0v) is 13.4. The van der Waals surface area contributed by atoms with Crippen molar-refractivity contribution in [3.05, 3.63) is 70.6 Å². The molecule has 1 amide bonds. The maximum absolute atomic E-state index is 12.4. The maximum atomic E-state index is 12.4. The number of methoxy groups -OCH3 is 1. The van der Waals surface area contributed by atoms with Crippen molar-refractivity contribution in [2.24, 2.45) is 0 Å². The fourth-order valence-electron chi connectivity index (χ4n) is 2.49. The smallest absolute Gasteiger partial charge is 0.339 e. The van der Waals surface area contributed by atoms with Crippen LogP contribution in [0, 0.1) is 0 Å². The molecule has 0 radical (unpaired) electrons. The normalized spacial score (nSPS) is 10.4. The summed E-state index contributed by atoms with van der Waals surface area (Å²) in [6, 6.07) is 13.6. The number of para-hydroxylation sites is 3. The van der Waals surface area contributed by atoms with E-state index in [9.17, 15) is 14.4 Å². The lowest BCUT2D eigenvalue weighted by Crippen LogP contribution is -2.28. The molecule has 0 saturated carbocycles. The minimum Gasteiger partial charge on any atom is -0.465 e. The molecule has 0 aliphatic carbocycles. The van der Waals surface area contributed by atoms with Gasteiger partial charge in [0.1, 0.15) is 6.54 Å². The zero-order valence-electron chi connectivity index (χ0n) is 13.4. The molecule has 0 aliphatic rings. The second kappa shape index (κ2) is 6.96. The Morgan fingerprint density at radius 3 is 2.64 bits per heavy atom. The number of amides is 1. The summed E-state index contributed by atoms with van der Waals surface area (Å²) in [5.74, 6) is -0.989. The van der Waals surface area contributed by atoms with Crippen molar-refractivity contribution >= 4 is 28.6 Å². The largest absolute Gasteiger partial charge is 0.465 e. The van der Waals surface area contributed by atoms with E-state index >= 15 is 0 Å². The molecule has 7 heteroatoms. The minimum absolute atomic E-state index is 0.197. The van der Waals surface area contributed by atoms with Crippen LogP contribution in [-0.2, 0) is 16.1 Å². The van der Waals surface area contributed by atoms with Gasteiger partial charge in [-0.05, 0) is 24.3 Å². The van der Waals surface area contributed by atoms with Crippen LogP contribution >= 0.6 is 0 Å². The minimum atomic E-state index is -0.553. The van der Waals surface area contributed by atoms with Crippen LogP contribution in [0.3, 0.4) is 0 Å². The number of ether oxygens (including phenoxy) is 1. The highest BCUT2D eigenvalue weighted by Crippen LogP contribution is 2.16. The Hall–Kier alpha value is -3.48. The molecule has 0 spiro atoms. The molecule has 3 aromatic rings. The van der Waals surface area contributed by atoms with Crippen molar-refractivity contribution < 1.29 is 14.3 Å². The first kappa shape index (κ1) is 16.4. The van der Waals surface area contributed by atoms with E-state index in [4.69, 9.17) is 4.74 Å². The molecule has 1 N–H and O–H groups in total. The highest BCUT2D eigenvalue weighted by atomic mass is 16.5. The molecule has 0 aliphatic heterocycles. The zero-order chi connectivity index (χ0) is 17.8. The molecular weight excluding hydrogens is 322 g/mol.